The molecule has 1 N–H and O–H groups in total. The SMILES string of the molecule is CCNC(COc1cccc(C)c1)C(=O)OCC. The van der Waals surface area contributed by atoms with Gasteiger partial charge in [0.05, 0.1) is 6.61 Å². The number of likely N-dealkylation sites (N-methyl/N-ethyl adjacent to an activating group) is 1. The molecule has 1 aromatic rings. The van der Waals surface area contributed by atoms with Crippen LogP contribution in [-0.2, 0) is 9.53 Å². The Bertz CT molecular complexity index is 379. The van der Waals surface area contributed by atoms with Crippen molar-refractivity contribution in [1.82, 2.24) is 5.32 Å². The number of carbonyl (C=O) groups excluding carboxylic acids is 1. The topological polar surface area (TPSA) is 47.6 Å². The first-order chi connectivity index (χ1) is 8.67. The van der Waals surface area contributed by atoms with Crippen molar-refractivity contribution in [3.05, 3.63) is 29.8 Å². The molecular formula is C14H21NO3. The minimum atomic E-state index is -0.421. The molecule has 1 aromatic carbocycles. The lowest BCUT2D eigenvalue weighted by Gasteiger charge is -2.17. The van der Waals surface area contributed by atoms with Gasteiger partial charge >= 0.3 is 5.97 Å². The molecule has 0 saturated heterocycles. The van der Waals surface area contributed by atoms with Crippen LogP contribution in [-0.4, -0.2) is 31.8 Å². The van der Waals surface area contributed by atoms with Crippen LogP contribution in [0.2, 0.25) is 0 Å². The van der Waals surface area contributed by atoms with Crippen molar-refractivity contribution in [1.29, 1.82) is 0 Å². The third-order valence-corrected chi connectivity index (χ3v) is 2.43. The Labute approximate surface area is 108 Å². The smallest absolute Gasteiger partial charge is 0.326 e. The zero-order valence-corrected chi connectivity index (χ0v) is 11.2. The van der Waals surface area contributed by atoms with Crippen LogP contribution >= 0.6 is 0 Å². The van der Waals surface area contributed by atoms with E-state index in [-0.39, 0.29) is 12.6 Å². The summed E-state index contributed by atoms with van der Waals surface area (Å²) in [6.45, 7) is 7.09. The van der Waals surface area contributed by atoms with Crippen molar-refractivity contribution in [2.75, 3.05) is 19.8 Å². The summed E-state index contributed by atoms with van der Waals surface area (Å²) < 4.78 is 10.6. The highest BCUT2D eigenvalue weighted by molar-refractivity contribution is 5.76. The Hall–Kier alpha value is -1.55. The molecule has 0 saturated carbocycles. The Kier molecular flexibility index (Phi) is 6.22. The lowest BCUT2D eigenvalue weighted by atomic mass is 10.2. The average Bonchev–Trinajstić information content (AvgIpc) is 2.35. The predicted molar refractivity (Wildman–Crippen MR) is 70.8 cm³/mol. The van der Waals surface area contributed by atoms with Gasteiger partial charge in [-0.3, -0.25) is 4.79 Å². The van der Waals surface area contributed by atoms with E-state index in [4.69, 9.17) is 9.47 Å². The lowest BCUT2D eigenvalue weighted by molar-refractivity contribution is -0.146. The van der Waals surface area contributed by atoms with Crippen LogP contribution in [0.5, 0.6) is 5.75 Å². The van der Waals surface area contributed by atoms with E-state index in [2.05, 4.69) is 5.32 Å². The van der Waals surface area contributed by atoms with E-state index in [9.17, 15) is 4.79 Å². The van der Waals surface area contributed by atoms with Crippen molar-refractivity contribution >= 4 is 5.97 Å². The molecule has 0 aliphatic rings. The minimum Gasteiger partial charge on any atom is -0.491 e. The third-order valence-electron chi connectivity index (χ3n) is 2.43. The van der Waals surface area contributed by atoms with Gasteiger partial charge in [-0.15, -0.1) is 0 Å². The van der Waals surface area contributed by atoms with Gasteiger partial charge < -0.3 is 14.8 Å². The molecule has 0 heterocycles. The molecule has 4 heteroatoms. The normalized spacial score (nSPS) is 11.9. The Morgan fingerprint density at radius 3 is 2.78 bits per heavy atom. The summed E-state index contributed by atoms with van der Waals surface area (Å²) in [4.78, 5) is 11.7. The second kappa shape index (κ2) is 7.71. The van der Waals surface area contributed by atoms with Crippen LogP contribution in [0.1, 0.15) is 19.4 Å². The second-order valence-electron chi connectivity index (χ2n) is 3.99. The van der Waals surface area contributed by atoms with Crippen LogP contribution < -0.4 is 10.1 Å². The Morgan fingerprint density at radius 2 is 2.17 bits per heavy atom. The summed E-state index contributed by atoms with van der Waals surface area (Å²) in [6, 6.07) is 7.32. The molecular weight excluding hydrogens is 230 g/mol. The largest absolute Gasteiger partial charge is 0.491 e. The van der Waals surface area contributed by atoms with Gasteiger partial charge in [0.2, 0.25) is 0 Å². The molecule has 0 aromatic heterocycles. The number of hydrogen-bond donors (Lipinski definition) is 1. The zero-order valence-electron chi connectivity index (χ0n) is 11.2. The number of carbonyl (C=O) groups is 1. The van der Waals surface area contributed by atoms with Gasteiger partial charge in [-0.2, -0.15) is 0 Å². The fourth-order valence-electron chi connectivity index (χ4n) is 1.58. The number of nitrogens with one attached hydrogen (secondary N) is 1. The molecule has 1 atom stereocenters. The zero-order chi connectivity index (χ0) is 13.4. The maximum absolute atomic E-state index is 11.7. The minimum absolute atomic E-state index is 0.271. The van der Waals surface area contributed by atoms with Crippen LogP contribution in [0, 0.1) is 6.92 Å². The fraction of sp³-hybridized carbons (Fsp3) is 0.500. The summed E-state index contributed by atoms with van der Waals surface area (Å²) in [6.07, 6.45) is 0. The van der Waals surface area contributed by atoms with Gasteiger partial charge in [0, 0.05) is 0 Å². The van der Waals surface area contributed by atoms with E-state index >= 15 is 0 Å². The number of benzene rings is 1. The standard InChI is InChI=1S/C14H21NO3/c1-4-15-13(14(16)17-5-2)10-18-12-8-6-7-11(3)9-12/h6-9,13,15H,4-5,10H2,1-3H3. The van der Waals surface area contributed by atoms with Gasteiger partial charge in [-0.1, -0.05) is 19.1 Å². The van der Waals surface area contributed by atoms with Crippen LogP contribution in [0.25, 0.3) is 0 Å². The van der Waals surface area contributed by atoms with Crippen molar-refractivity contribution in [2.45, 2.75) is 26.8 Å². The molecule has 0 spiro atoms. The summed E-state index contributed by atoms with van der Waals surface area (Å²) in [7, 11) is 0. The highest BCUT2D eigenvalue weighted by atomic mass is 16.5. The van der Waals surface area contributed by atoms with E-state index in [0.717, 1.165) is 11.3 Å². The maximum Gasteiger partial charge on any atom is 0.326 e. The van der Waals surface area contributed by atoms with E-state index in [1.807, 2.05) is 38.1 Å². The van der Waals surface area contributed by atoms with E-state index in [0.29, 0.717) is 13.2 Å². The molecule has 100 valence electrons. The van der Waals surface area contributed by atoms with Crippen molar-refractivity contribution in [3.8, 4) is 5.75 Å². The van der Waals surface area contributed by atoms with Crippen LogP contribution in [0.3, 0.4) is 0 Å². The molecule has 0 aliphatic heterocycles. The number of esters is 1. The highest BCUT2D eigenvalue weighted by Gasteiger charge is 2.19. The van der Waals surface area contributed by atoms with E-state index in [1.165, 1.54) is 0 Å². The molecule has 0 amide bonds. The van der Waals surface area contributed by atoms with Gasteiger partial charge in [-0.25, -0.2) is 0 Å². The predicted octanol–water partition coefficient (Wildman–Crippen LogP) is 1.92. The maximum atomic E-state index is 11.7. The highest BCUT2D eigenvalue weighted by Crippen LogP contribution is 2.12. The van der Waals surface area contributed by atoms with Gasteiger partial charge in [-0.05, 0) is 38.1 Å². The molecule has 18 heavy (non-hydrogen) atoms. The van der Waals surface area contributed by atoms with Crippen LogP contribution in [0.4, 0.5) is 0 Å². The van der Waals surface area contributed by atoms with Crippen molar-refractivity contribution < 1.29 is 14.3 Å². The van der Waals surface area contributed by atoms with E-state index in [1.54, 1.807) is 6.92 Å². The quantitative estimate of drug-likeness (QED) is 0.752. The lowest BCUT2D eigenvalue weighted by Crippen LogP contribution is -2.42. The first kappa shape index (κ1) is 14.5. The Morgan fingerprint density at radius 1 is 1.39 bits per heavy atom. The van der Waals surface area contributed by atoms with Crippen molar-refractivity contribution in [3.63, 3.8) is 0 Å². The van der Waals surface area contributed by atoms with Crippen molar-refractivity contribution in [2.24, 2.45) is 0 Å². The molecule has 0 aliphatic carbocycles. The molecule has 0 radical (unpaired) electrons. The number of rotatable bonds is 7. The molecule has 0 fully saturated rings. The molecule has 1 rings (SSSR count). The second-order valence-corrected chi connectivity index (χ2v) is 3.99. The van der Waals surface area contributed by atoms with Crippen LogP contribution in [0.15, 0.2) is 24.3 Å². The first-order valence-corrected chi connectivity index (χ1v) is 6.26. The molecule has 1 unspecified atom stereocenters. The number of ether oxygens (including phenoxy) is 2. The summed E-state index contributed by atoms with van der Waals surface area (Å²) in [5.74, 6) is 0.495. The van der Waals surface area contributed by atoms with Gasteiger partial charge in [0.15, 0.2) is 0 Å². The Balaban J connectivity index is 2.53. The molecule has 4 nitrogen and oxygen atoms in total. The monoisotopic (exact) mass is 251 g/mol. The summed E-state index contributed by atoms with van der Waals surface area (Å²) in [5.41, 5.74) is 1.13. The molecule has 0 bridgehead atoms. The third kappa shape index (κ3) is 4.75. The summed E-state index contributed by atoms with van der Waals surface area (Å²) in [5, 5.41) is 3.05. The summed E-state index contributed by atoms with van der Waals surface area (Å²) >= 11 is 0. The van der Waals surface area contributed by atoms with E-state index < -0.39 is 6.04 Å². The average molecular weight is 251 g/mol. The number of aryl methyl sites for hydroxylation is 1. The first-order valence-electron chi connectivity index (χ1n) is 6.26. The van der Waals surface area contributed by atoms with Gasteiger partial charge in [0.25, 0.3) is 0 Å². The van der Waals surface area contributed by atoms with Gasteiger partial charge in [0.1, 0.15) is 18.4 Å². The fourth-order valence-corrected chi connectivity index (χ4v) is 1.58. The number of hydrogen-bond acceptors (Lipinski definition) is 4.